The lowest BCUT2D eigenvalue weighted by atomic mass is 9.98. The highest BCUT2D eigenvalue weighted by Crippen LogP contribution is 2.33. The van der Waals surface area contributed by atoms with E-state index >= 15 is 0 Å². The van der Waals surface area contributed by atoms with Gasteiger partial charge in [-0.3, -0.25) is 9.52 Å². The summed E-state index contributed by atoms with van der Waals surface area (Å²) < 4.78 is 34.3. The van der Waals surface area contributed by atoms with Gasteiger partial charge in [-0.1, -0.05) is 51.1 Å². The molecular weight excluding hydrogens is 460 g/mol. The monoisotopic (exact) mass is 488 g/mol. The highest BCUT2D eigenvalue weighted by molar-refractivity contribution is 7.92. The van der Waals surface area contributed by atoms with Crippen LogP contribution in [0.4, 0.5) is 5.69 Å². The van der Waals surface area contributed by atoms with Crippen molar-refractivity contribution >= 4 is 32.4 Å². The summed E-state index contributed by atoms with van der Waals surface area (Å²) in [6, 6.07) is 21.2. The van der Waals surface area contributed by atoms with Crippen LogP contribution < -0.4 is 9.46 Å². The standard InChI is InChI=1S/C28H28N2O4S/c1-5-19-8-6-11-23(14-19)30-35(32,33)24-12-13-25-22(16-24)17-26(34-4)27(29-25)20-9-7-10-21(15-20)28(31)18(2)3/h6-18,30H,5H2,1-4H3. The molecule has 0 atom stereocenters. The highest BCUT2D eigenvalue weighted by Gasteiger charge is 2.18. The minimum absolute atomic E-state index is 0.0541. The first kappa shape index (κ1) is 24.4. The van der Waals surface area contributed by atoms with E-state index in [-0.39, 0.29) is 16.6 Å². The number of hydrogen-bond acceptors (Lipinski definition) is 5. The van der Waals surface area contributed by atoms with E-state index in [9.17, 15) is 13.2 Å². The van der Waals surface area contributed by atoms with E-state index in [0.29, 0.717) is 33.6 Å². The molecule has 35 heavy (non-hydrogen) atoms. The molecule has 1 heterocycles. The molecule has 4 aromatic rings. The Morgan fingerprint density at radius 3 is 2.49 bits per heavy atom. The van der Waals surface area contributed by atoms with Crippen LogP contribution in [0.3, 0.4) is 0 Å². The van der Waals surface area contributed by atoms with Crippen molar-refractivity contribution in [1.29, 1.82) is 0 Å². The molecular formula is C28H28N2O4S. The van der Waals surface area contributed by atoms with Crippen molar-refractivity contribution in [3.63, 3.8) is 0 Å². The number of nitrogens with zero attached hydrogens (tertiary/aromatic N) is 1. The quantitative estimate of drug-likeness (QED) is 0.302. The topological polar surface area (TPSA) is 85.4 Å². The van der Waals surface area contributed by atoms with E-state index < -0.39 is 10.0 Å². The molecule has 0 bridgehead atoms. The average Bonchev–Trinajstić information content (AvgIpc) is 2.86. The van der Waals surface area contributed by atoms with Gasteiger partial charge in [0.1, 0.15) is 11.4 Å². The molecule has 3 aromatic carbocycles. The third-order valence-electron chi connectivity index (χ3n) is 5.81. The first-order valence-corrected chi connectivity index (χ1v) is 13.0. The van der Waals surface area contributed by atoms with Gasteiger partial charge in [-0.25, -0.2) is 13.4 Å². The van der Waals surface area contributed by atoms with E-state index in [1.54, 1.807) is 37.4 Å². The van der Waals surface area contributed by atoms with Gasteiger partial charge in [0, 0.05) is 28.1 Å². The molecule has 0 saturated carbocycles. The van der Waals surface area contributed by atoms with Crippen molar-refractivity contribution in [3.8, 4) is 17.0 Å². The van der Waals surface area contributed by atoms with Crippen LogP contribution in [-0.2, 0) is 16.4 Å². The van der Waals surface area contributed by atoms with Crippen molar-refractivity contribution in [2.75, 3.05) is 11.8 Å². The zero-order valence-corrected chi connectivity index (χ0v) is 21.0. The number of ether oxygens (including phenoxy) is 1. The SMILES string of the molecule is CCc1cccc(NS(=O)(=O)c2ccc3nc(-c4cccc(C(=O)C(C)C)c4)c(OC)cc3c2)c1. The Bertz CT molecular complexity index is 1510. The van der Waals surface area contributed by atoms with Gasteiger partial charge in [0.2, 0.25) is 0 Å². The number of aryl methyl sites for hydroxylation is 1. The molecule has 1 aromatic heterocycles. The summed E-state index contributed by atoms with van der Waals surface area (Å²) in [6.07, 6.45) is 0.813. The molecule has 0 fully saturated rings. The van der Waals surface area contributed by atoms with Crippen molar-refractivity contribution in [2.24, 2.45) is 5.92 Å². The summed E-state index contributed by atoms with van der Waals surface area (Å²) in [5.41, 5.74) is 4.14. The first-order chi connectivity index (χ1) is 16.7. The van der Waals surface area contributed by atoms with Crippen molar-refractivity contribution < 1.29 is 17.9 Å². The van der Waals surface area contributed by atoms with Crippen molar-refractivity contribution in [2.45, 2.75) is 32.1 Å². The summed E-state index contributed by atoms with van der Waals surface area (Å²) >= 11 is 0. The zero-order chi connectivity index (χ0) is 25.2. The predicted molar refractivity (Wildman–Crippen MR) is 140 cm³/mol. The minimum Gasteiger partial charge on any atom is -0.494 e. The van der Waals surface area contributed by atoms with Gasteiger partial charge in [0.25, 0.3) is 10.0 Å². The second kappa shape index (κ2) is 9.88. The number of sulfonamides is 1. The second-order valence-corrected chi connectivity index (χ2v) is 10.3. The molecule has 0 aliphatic rings. The van der Waals surface area contributed by atoms with Gasteiger partial charge >= 0.3 is 0 Å². The lowest BCUT2D eigenvalue weighted by Crippen LogP contribution is -2.13. The molecule has 1 N–H and O–H groups in total. The summed E-state index contributed by atoms with van der Waals surface area (Å²) in [4.78, 5) is 17.4. The molecule has 6 nitrogen and oxygen atoms in total. The fraction of sp³-hybridized carbons (Fsp3) is 0.214. The molecule has 7 heteroatoms. The van der Waals surface area contributed by atoms with Crippen molar-refractivity contribution in [1.82, 2.24) is 4.98 Å². The second-order valence-electron chi connectivity index (χ2n) is 8.65. The molecule has 4 rings (SSSR count). The number of fused-ring (bicyclic) bond motifs is 1. The number of nitrogens with one attached hydrogen (secondary N) is 1. The number of rotatable bonds is 8. The lowest BCUT2D eigenvalue weighted by molar-refractivity contribution is 0.0939. The Labute approximate surface area is 206 Å². The summed E-state index contributed by atoms with van der Waals surface area (Å²) in [5, 5.41) is 0.630. The fourth-order valence-electron chi connectivity index (χ4n) is 3.89. The van der Waals surface area contributed by atoms with Crippen LogP contribution in [0.2, 0.25) is 0 Å². The van der Waals surface area contributed by atoms with Crippen LogP contribution >= 0.6 is 0 Å². The lowest BCUT2D eigenvalue weighted by Gasteiger charge is -2.13. The number of aromatic nitrogens is 1. The summed E-state index contributed by atoms with van der Waals surface area (Å²) in [5.74, 6) is 0.429. The number of Topliss-reactive ketones (excluding diaryl/α,β-unsaturated/α-hetero) is 1. The van der Waals surface area contributed by atoms with Gasteiger partial charge in [0.15, 0.2) is 5.78 Å². The fourth-order valence-corrected chi connectivity index (χ4v) is 4.97. The Kier molecular flexibility index (Phi) is 6.89. The minimum atomic E-state index is -3.79. The number of pyridine rings is 1. The molecule has 0 unspecified atom stereocenters. The molecule has 0 aliphatic heterocycles. The molecule has 0 saturated heterocycles. The van der Waals surface area contributed by atoms with E-state index in [4.69, 9.17) is 9.72 Å². The first-order valence-electron chi connectivity index (χ1n) is 11.5. The van der Waals surface area contributed by atoms with Crippen LogP contribution in [-0.4, -0.2) is 26.3 Å². The maximum atomic E-state index is 13.0. The maximum absolute atomic E-state index is 13.0. The van der Waals surface area contributed by atoms with Crippen LogP contribution in [0.1, 0.15) is 36.7 Å². The van der Waals surface area contributed by atoms with Gasteiger partial charge in [0.05, 0.1) is 17.5 Å². The average molecular weight is 489 g/mol. The van der Waals surface area contributed by atoms with E-state index in [1.165, 1.54) is 6.07 Å². The molecule has 0 spiro atoms. The number of benzene rings is 3. The van der Waals surface area contributed by atoms with Gasteiger partial charge in [-0.15, -0.1) is 0 Å². The highest BCUT2D eigenvalue weighted by atomic mass is 32.2. The molecule has 0 amide bonds. The number of ketones is 1. The number of methoxy groups -OCH3 is 1. The smallest absolute Gasteiger partial charge is 0.261 e. The maximum Gasteiger partial charge on any atom is 0.261 e. The molecule has 180 valence electrons. The Morgan fingerprint density at radius 2 is 1.77 bits per heavy atom. The molecule has 0 aliphatic carbocycles. The number of anilines is 1. The Hall–Kier alpha value is -3.71. The third kappa shape index (κ3) is 5.20. The van der Waals surface area contributed by atoms with E-state index in [1.807, 2.05) is 57.2 Å². The largest absolute Gasteiger partial charge is 0.494 e. The summed E-state index contributed by atoms with van der Waals surface area (Å²) in [7, 11) is -2.25. The number of hydrogen-bond donors (Lipinski definition) is 1. The van der Waals surface area contributed by atoms with E-state index in [2.05, 4.69) is 4.72 Å². The van der Waals surface area contributed by atoms with Crippen LogP contribution in [0.15, 0.2) is 77.7 Å². The van der Waals surface area contributed by atoms with Crippen LogP contribution in [0.25, 0.3) is 22.2 Å². The van der Waals surface area contributed by atoms with Gasteiger partial charge in [-0.05, 0) is 54.4 Å². The Morgan fingerprint density at radius 1 is 1.00 bits per heavy atom. The van der Waals surface area contributed by atoms with Crippen LogP contribution in [0.5, 0.6) is 5.75 Å². The van der Waals surface area contributed by atoms with Gasteiger partial charge < -0.3 is 4.74 Å². The number of carbonyl (C=O) groups is 1. The van der Waals surface area contributed by atoms with Crippen molar-refractivity contribution in [3.05, 3.63) is 83.9 Å². The summed E-state index contributed by atoms with van der Waals surface area (Å²) in [6.45, 7) is 5.75. The zero-order valence-electron chi connectivity index (χ0n) is 20.2. The molecule has 0 radical (unpaired) electrons. The van der Waals surface area contributed by atoms with Crippen LogP contribution in [0, 0.1) is 5.92 Å². The normalized spacial score (nSPS) is 11.6. The number of carbonyl (C=O) groups excluding carboxylic acids is 1. The van der Waals surface area contributed by atoms with E-state index in [0.717, 1.165) is 17.5 Å². The van der Waals surface area contributed by atoms with Gasteiger partial charge in [-0.2, -0.15) is 0 Å². The predicted octanol–water partition coefficient (Wildman–Crippen LogP) is 6.11. The third-order valence-corrected chi connectivity index (χ3v) is 7.19. The Balaban J connectivity index is 1.73.